The Morgan fingerprint density at radius 3 is 2.55 bits per heavy atom. The first-order valence-corrected chi connectivity index (χ1v) is 6.43. The molecule has 106 valence electrons. The molecule has 0 radical (unpaired) electrons. The summed E-state index contributed by atoms with van der Waals surface area (Å²) in [4.78, 5) is 24.6. The van der Waals surface area contributed by atoms with E-state index in [-0.39, 0.29) is 18.3 Å². The summed E-state index contributed by atoms with van der Waals surface area (Å²) < 4.78 is 12.8. The number of benzene rings is 1. The topological polar surface area (TPSA) is 57.6 Å². The van der Waals surface area contributed by atoms with E-state index in [9.17, 15) is 14.0 Å². The molecule has 0 aliphatic carbocycles. The third-order valence-electron chi connectivity index (χ3n) is 3.42. The molecule has 1 aliphatic heterocycles. The predicted molar refractivity (Wildman–Crippen MR) is 72.4 cm³/mol. The van der Waals surface area contributed by atoms with Crippen LogP contribution in [0.2, 0.25) is 0 Å². The Labute approximate surface area is 116 Å². The van der Waals surface area contributed by atoms with Gasteiger partial charge in [0.15, 0.2) is 0 Å². The minimum Gasteiger partial charge on any atom is -0.481 e. The molecule has 2 rings (SSSR count). The molecule has 4 nitrogen and oxygen atoms in total. The van der Waals surface area contributed by atoms with Crippen LogP contribution in [-0.2, 0) is 9.59 Å². The second kappa shape index (κ2) is 5.86. The van der Waals surface area contributed by atoms with Crippen LogP contribution in [0.15, 0.2) is 29.8 Å². The fraction of sp³-hybridized carbons (Fsp3) is 0.333. The first-order chi connectivity index (χ1) is 9.47. The standard InChI is InChI=1S/C15H16FNO3/c1-10(8-11-2-4-13(16)5-3-11)14(18)17-7-6-12(9-17)15(19)20/h2-5,8,12H,6-7,9H2,1H3,(H,19,20)/b10-8+. The van der Waals surface area contributed by atoms with Gasteiger partial charge < -0.3 is 10.0 Å². The zero-order valence-corrected chi connectivity index (χ0v) is 11.2. The highest BCUT2D eigenvalue weighted by Gasteiger charge is 2.31. The lowest BCUT2D eigenvalue weighted by molar-refractivity contribution is -0.141. The molecule has 0 saturated carbocycles. The summed E-state index contributed by atoms with van der Waals surface area (Å²) in [5.41, 5.74) is 1.26. The number of hydrogen-bond acceptors (Lipinski definition) is 2. The Hall–Kier alpha value is -2.17. The number of aliphatic carboxylic acids is 1. The zero-order chi connectivity index (χ0) is 14.7. The Morgan fingerprint density at radius 2 is 2.00 bits per heavy atom. The van der Waals surface area contributed by atoms with E-state index in [4.69, 9.17) is 5.11 Å². The number of likely N-dealkylation sites (tertiary alicyclic amines) is 1. The van der Waals surface area contributed by atoms with Gasteiger partial charge >= 0.3 is 5.97 Å². The van der Waals surface area contributed by atoms with Crippen LogP contribution < -0.4 is 0 Å². The number of halogens is 1. The molecule has 1 aliphatic rings. The highest BCUT2D eigenvalue weighted by molar-refractivity contribution is 5.97. The van der Waals surface area contributed by atoms with Crippen LogP contribution in [0, 0.1) is 11.7 Å². The van der Waals surface area contributed by atoms with Gasteiger partial charge in [0.2, 0.25) is 5.91 Å². The van der Waals surface area contributed by atoms with E-state index in [0.717, 1.165) is 5.56 Å². The van der Waals surface area contributed by atoms with Gasteiger partial charge in [0.1, 0.15) is 5.82 Å². The summed E-state index contributed by atoms with van der Waals surface area (Å²) in [6.07, 6.45) is 2.17. The summed E-state index contributed by atoms with van der Waals surface area (Å²) in [6, 6.07) is 5.85. The first-order valence-electron chi connectivity index (χ1n) is 6.43. The van der Waals surface area contributed by atoms with Gasteiger partial charge in [-0.2, -0.15) is 0 Å². The molecule has 5 heteroatoms. The molecule has 1 amide bonds. The molecule has 1 fully saturated rings. The van der Waals surface area contributed by atoms with Gasteiger partial charge in [-0.1, -0.05) is 12.1 Å². The van der Waals surface area contributed by atoms with E-state index in [2.05, 4.69) is 0 Å². The molecule has 1 heterocycles. The molecule has 0 spiro atoms. The first kappa shape index (κ1) is 14.2. The van der Waals surface area contributed by atoms with E-state index < -0.39 is 11.9 Å². The number of nitrogens with zero attached hydrogens (tertiary/aromatic N) is 1. The van der Waals surface area contributed by atoms with Crippen LogP contribution in [0.4, 0.5) is 4.39 Å². The Balaban J connectivity index is 2.05. The van der Waals surface area contributed by atoms with Crippen molar-refractivity contribution in [3.05, 3.63) is 41.2 Å². The fourth-order valence-electron chi connectivity index (χ4n) is 2.27. The van der Waals surface area contributed by atoms with Crippen LogP contribution in [0.25, 0.3) is 6.08 Å². The fourth-order valence-corrected chi connectivity index (χ4v) is 2.27. The van der Waals surface area contributed by atoms with Crippen LogP contribution in [0.5, 0.6) is 0 Å². The van der Waals surface area contributed by atoms with E-state index in [0.29, 0.717) is 18.5 Å². The Kier molecular flexibility index (Phi) is 4.17. The second-order valence-electron chi connectivity index (χ2n) is 4.95. The van der Waals surface area contributed by atoms with E-state index >= 15 is 0 Å². The van der Waals surface area contributed by atoms with Crippen molar-refractivity contribution in [2.24, 2.45) is 5.92 Å². The number of carbonyl (C=O) groups is 2. The molecule has 1 aromatic rings. The maximum atomic E-state index is 12.8. The van der Waals surface area contributed by atoms with E-state index in [1.54, 1.807) is 30.0 Å². The van der Waals surface area contributed by atoms with Gasteiger partial charge in [0.25, 0.3) is 0 Å². The Morgan fingerprint density at radius 1 is 1.35 bits per heavy atom. The van der Waals surface area contributed by atoms with Crippen LogP contribution in [0.3, 0.4) is 0 Å². The summed E-state index contributed by atoms with van der Waals surface area (Å²) >= 11 is 0. The minimum atomic E-state index is -0.861. The van der Waals surface area contributed by atoms with Crippen molar-refractivity contribution >= 4 is 18.0 Å². The van der Waals surface area contributed by atoms with Crippen LogP contribution in [-0.4, -0.2) is 35.0 Å². The van der Waals surface area contributed by atoms with Gasteiger partial charge in [0.05, 0.1) is 5.92 Å². The SMILES string of the molecule is C/C(=C\c1ccc(F)cc1)C(=O)N1CCC(C(=O)O)C1. The molecular formula is C15H16FNO3. The molecule has 1 saturated heterocycles. The number of hydrogen-bond donors (Lipinski definition) is 1. The highest BCUT2D eigenvalue weighted by atomic mass is 19.1. The van der Waals surface area contributed by atoms with Crippen molar-refractivity contribution in [1.82, 2.24) is 4.90 Å². The van der Waals surface area contributed by atoms with Gasteiger partial charge in [-0.15, -0.1) is 0 Å². The molecule has 20 heavy (non-hydrogen) atoms. The monoisotopic (exact) mass is 277 g/mol. The molecule has 1 N–H and O–H groups in total. The smallest absolute Gasteiger partial charge is 0.308 e. The van der Waals surface area contributed by atoms with Gasteiger partial charge in [-0.3, -0.25) is 9.59 Å². The summed E-state index contributed by atoms with van der Waals surface area (Å²) in [5.74, 6) is -1.83. The Bertz CT molecular complexity index is 551. The normalized spacial score (nSPS) is 19.2. The third-order valence-corrected chi connectivity index (χ3v) is 3.42. The lowest BCUT2D eigenvalue weighted by atomic mass is 10.1. The third kappa shape index (κ3) is 3.23. The van der Waals surface area contributed by atoms with Crippen molar-refractivity contribution in [2.75, 3.05) is 13.1 Å². The summed E-state index contributed by atoms with van der Waals surface area (Å²) in [7, 11) is 0. The minimum absolute atomic E-state index is 0.168. The van der Waals surface area contributed by atoms with Crippen LogP contribution in [0.1, 0.15) is 18.9 Å². The largest absolute Gasteiger partial charge is 0.481 e. The van der Waals surface area contributed by atoms with E-state index in [1.165, 1.54) is 12.1 Å². The van der Waals surface area contributed by atoms with Crippen molar-refractivity contribution in [3.63, 3.8) is 0 Å². The zero-order valence-electron chi connectivity index (χ0n) is 11.2. The number of carbonyl (C=O) groups excluding carboxylic acids is 1. The number of carboxylic acid groups (broad SMARTS) is 1. The van der Waals surface area contributed by atoms with Crippen LogP contribution >= 0.6 is 0 Å². The van der Waals surface area contributed by atoms with Crippen molar-refractivity contribution in [1.29, 1.82) is 0 Å². The highest BCUT2D eigenvalue weighted by Crippen LogP contribution is 2.19. The summed E-state index contributed by atoms with van der Waals surface area (Å²) in [6.45, 7) is 2.40. The second-order valence-corrected chi connectivity index (χ2v) is 4.95. The lowest BCUT2D eigenvalue weighted by Crippen LogP contribution is -2.30. The average Bonchev–Trinajstić information content (AvgIpc) is 2.90. The van der Waals surface area contributed by atoms with Gasteiger partial charge in [-0.25, -0.2) is 4.39 Å². The molecular weight excluding hydrogens is 261 g/mol. The number of carboxylic acids is 1. The molecule has 1 atom stereocenters. The maximum absolute atomic E-state index is 12.8. The average molecular weight is 277 g/mol. The van der Waals surface area contributed by atoms with Crippen molar-refractivity contribution in [3.8, 4) is 0 Å². The maximum Gasteiger partial charge on any atom is 0.308 e. The van der Waals surface area contributed by atoms with Gasteiger partial charge in [-0.05, 0) is 37.1 Å². The lowest BCUT2D eigenvalue weighted by Gasteiger charge is -2.16. The molecule has 0 bridgehead atoms. The molecule has 0 aromatic heterocycles. The van der Waals surface area contributed by atoms with Crippen molar-refractivity contribution < 1.29 is 19.1 Å². The molecule has 1 aromatic carbocycles. The predicted octanol–water partition coefficient (Wildman–Crippen LogP) is 2.16. The van der Waals surface area contributed by atoms with E-state index in [1.807, 2.05) is 0 Å². The molecule has 1 unspecified atom stereocenters. The number of rotatable bonds is 3. The number of amides is 1. The summed E-state index contributed by atoms with van der Waals surface area (Å²) in [5, 5.41) is 8.92. The van der Waals surface area contributed by atoms with Crippen molar-refractivity contribution in [2.45, 2.75) is 13.3 Å². The van der Waals surface area contributed by atoms with Gasteiger partial charge in [0, 0.05) is 18.7 Å². The quantitative estimate of drug-likeness (QED) is 0.861.